The molecular weight excluding hydrogens is 285 g/mol. The fourth-order valence-corrected chi connectivity index (χ4v) is 1.67. The maximum absolute atomic E-state index is 13.4. The van der Waals surface area contributed by atoms with Crippen LogP contribution in [0.15, 0.2) is 12.1 Å². The minimum atomic E-state index is -1.34. The van der Waals surface area contributed by atoms with Crippen LogP contribution in [0, 0.1) is 17.5 Å². The number of benzene rings is 1. The third-order valence-corrected chi connectivity index (χ3v) is 2.48. The lowest BCUT2D eigenvalue weighted by Gasteiger charge is -2.19. The SMILES string of the molecule is CC(C)(C)OC(=O)CCC(=O)Cc1cc(F)cc(F)c1F. The molecule has 116 valence electrons. The van der Waals surface area contributed by atoms with Crippen LogP contribution in [0.4, 0.5) is 13.2 Å². The first-order valence-electron chi connectivity index (χ1n) is 6.45. The lowest BCUT2D eigenvalue weighted by atomic mass is 10.0. The van der Waals surface area contributed by atoms with Crippen molar-refractivity contribution in [3.05, 3.63) is 35.1 Å². The fourth-order valence-electron chi connectivity index (χ4n) is 1.67. The predicted molar refractivity (Wildman–Crippen MR) is 70.1 cm³/mol. The molecule has 0 N–H and O–H groups in total. The van der Waals surface area contributed by atoms with Gasteiger partial charge in [0.15, 0.2) is 11.6 Å². The van der Waals surface area contributed by atoms with Crippen LogP contribution in [0.1, 0.15) is 39.2 Å². The highest BCUT2D eigenvalue weighted by Gasteiger charge is 2.18. The Kier molecular flexibility index (Phi) is 5.52. The van der Waals surface area contributed by atoms with Crippen molar-refractivity contribution in [2.45, 2.75) is 45.6 Å². The van der Waals surface area contributed by atoms with Gasteiger partial charge in [0, 0.05) is 24.5 Å². The Labute approximate surface area is 121 Å². The van der Waals surface area contributed by atoms with Crippen LogP contribution in [0.3, 0.4) is 0 Å². The lowest BCUT2D eigenvalue weighted by Crippen LogP contribution is -2.24. The molecule has 3 nitrogen and oxygen atoms in total. The molecule has 0 radical (unpaired) electrons. The van der Waals surface area contributed by atoms with Crippen molar-refractivity contribution in [1.29, 1.82) is 0 Å². The van der Waals surface area contributed by atoms with E-state index in [1.54, 1.807) is 20.8 Å². The summed E-state index contributed by atoms with van der Waals surface area (Å²) < 4.78 is 44.3. The number of carbonyl (C=O) groups excluding carboxylic acids is 2. The molecule has 0 fully saturated rings. The number of hydrogen-bond acceptors (Lipinski definition) is 3. The van der Waals surface area contributed by atoms with Crippen LogP contribution in [-0.4, -0.2) is 17.4 Å². The number of Topliss-reactive ketones (excluding diaryl/α,β-unsaturated/α-hetero) is 1. The highest BCUT2D eigenvalue weighted by Crippen LogP contribution is 2.16. The van der Waals surface area contributed by atoms with Crippen molar-refractivity contribution in [3.8, 4) is 0 Å². The number of halogens is 3. The standard InChI is InChI=1S/C15H17F3O3/c1-15(2,3)21-13(20)5-4-11(19)7-9-6-10(16)8-12(17)14(9)18/h6,8H,4-5,7H2,1-3H3. The van der Waals surface area contributed by atoms with Gasteiger partial charge in [-0.1, -0.05) is 0 Å². The molecule has 1 aromatic carbocycles. The van der Waals surface area contributed by atoms with Gasteiger partial charge in [-0.05, 0) is 26.8 Å². The highest BCUT2D eigenvalue weighted by atomic mass is 19.2. The van der Waals surface area contributed by atoms with E-state index < -0.39 is 41.2 Å². The lowest BCUT2D eigenvalue weighted by molar-refractivity contribution is -0.155. The zero-order chi connectivity index (χ0) is 16.2. The van der Waals surface area contributed by atoms with Crippen molar-refractivity contribution in [2.75, 3.05) is 0 Å². The summed E-state index contributed by atoms with van der Waals surface area (Å²) in [5.74, 6) is -4.60. The molecule has 0 saturated heterocycles. The minimum absolute atomic E-state index is 0.157. The van der Waals surface area contributed by atoms with E-state index in [1.807, 2.05) is 0 Å². The minimum Gasteiger partial charge on any atom is -0.460 e. The summed E-state index contributed by atoms with van der Waals surface area (Å²) in [6.45, 7) is 5.08. The second kappa shape index (κ2) is 6.74. The number of carbonyl (C=O) groups is 2. The van der Waals surface area contributed by atoms with Gasteiger partial charge in [0.2, 0.25) is 0 Å². The Bertz CT molecular complexity index is 548. The van der Waals surface area contributed by atoms with Gasteiger partial charge in [0.1, 0.15) is 17.2 Å². The van der Waals surface area contributed by atoms with E-state index in [4.69, 9.17) is 4.74 Å². The molecule has 21 heavy (non-hydrogen) atoms. The molecule has 1 aromatic rings. The van der Waals surface area contributed by atoms with Gasteiger partial charge in [-0.2, -0.15) is 0 Å². The summed E-state index contributed by atoms with van der Waals surface area (Å²) in [5.41, 5.74) is -1.01. The third kappa shape index (κ3) is 5.97. The molecule has 0 heterocycles. The first-order valence-corrected chi connectivity index (χ1v) is 6.45. The number of ketones is 1. The Morgan fingerprint density at radius 2 is 1.71 bits per heavy atom. The smallest absolute Gasteiger partial charge is 0.306 e. The van der Waals surface area contributed by atoms with E-state index in [2.05, 4.69) is 0 Å². The van der Waals surface area contributed by atoms with Crippen molar-refractivity contribution in [2.24, 2.45) is 0 Å². The van der Waals surface area contributed by atoms with E-state index in [0.29, 0.717) is 6.07 Å². The van der Waals surface area contributed by atoms with Crippen LogP contribution in [0.2, 0.25) is 0 Å². The molecule has 0 aliphatic carbocycles. The van der Waals surface area contributed by atoms with Crippen molar-refractivity contribution >= 4 is 11.8 Å². The highest BCUT2D eigenvalue weighted by molar-refractivity contribution is 5.84. The maximum Gasteiger partial charge on any atom is 0.306 e. The largest absolute Gasteiger partial charge is 0.460 e. The molecule has 0 saturated carbocycles. The average molecular weight is 302 g/mol. The second-order valence-electron chi connectivity index (χ2n) is 5.66. The number of esters is 1. The summed E-state index contributed by atoms with van der Waals surface area (Å²) in [6.07, 6.45) is -0.800. The molecule has 6 heteroatoms. The van der Waals surface area contributed by atoms with Gasteiger partial charge in [-0.25, -0.2) is 13.2 Å². The van der Waals surface area contributed by atoms with Gasteiger partial charge in [-0.15, -0.1) is 0 Å². The zero-order valence-electron chi connectivity index (χ0n) is 12.1. The van der Waals surface area contributed by atoms with Gasteiger partial charge >= 0.3 is 5.97 Å². The van der Waals surface area contributed by atoms with Crippen LogP contribution in [0.25, 0.3) is 0 Å². The third-order valence-electron chi connectivity index (χ3n) is 2.48. The molecule has 0 spiro atoms. The number of hydrogen-bond donors (Lipinski definition) is 0. The molecule has 0 atom stereocenters. The first kappa shape index (κ1) is 17.2. The summed E-state index contributed by atoms with van der Waals surface area (Å²) in [5, 5.41) is 0. The Balaban J connectivity index is 2.57. The topological polar surface area (TPSA) is 43.4 Å². The van der Waals surface area contributed by atoms with E-state index >= 15 is 0 Å². The Morgan fingerprint density at radius 3 is 2.29 bits per heavy atom. The van der Waals surface area contributed by atoms with Crippen LogP contribution < -0.4 is 0 Å². The molecule has 0 aromatic heterocycles. The average Bonchev–Trinajstić information content (AvgIpc) is 2.30. The fraction of sp³-hybridized carbons (Fsp3) is 0.467. The first-order chi connectivity index (χ1) is 9.58. The van der Waals surface area contributed by atoms with Crippen molar-refractivity contribution in [1.82, 2.24) is 0 Å². The van der Waals surface area contributed by atoms with Gasteiger partial charge in [0.05, 0.1) is 6.42 Å². The zero-order valence-corrected chi connectivity index (χ0v) is 12.1. The summed E-state index contributed by atoms with van der Waals surface area (Å²) in [6, 6.07) is 1.17. The molecule has 0 aliphatic rings. The Morgan fingerprint density at radius 1 is 1.10 bits per heavy atom. The number of rotatable bonds is 5. The Hall–Kier alpha value is -1.85. The van der Waals surface area contributed by atoms with Gasteiger partial charge < -0.3 is 4.74 Å². The number of ether oxygens (including phenoxy) is 1. The molecule has 0 unspecified atom stereocenters. The summed E-state index contributed by atoms with van der Waals surface area (Å²) >= 11 is 0. The summed E-state index contributed by atoms with van der Waals surface area (Å²) in [4.78, 5) is 23.1. The second-order valence-corrected chi connectivity index (χ2v) is 5.66. The summed E-state index contributed by atoms with van der Waals surface area (Å²) in [7, 11) is 0. The normalized spacial score (nSPS) is 11.3. The van der Waals surface area contributed by atoms with E-state index in [0.717, 1.165) is 6.07 Å². The van der Waals surface area contributed by atoms with Crippen molar-refractivity contribution in [3.63, 3.8) is 0 Å². The van der Waals surface area contributed by atoms with Crippen LogP contribution in [-0.2, 0) is 20.7 Å². The van der Waals surface area contributed by atoms with E-state index in [-0.39, 0.29) is 18.4 Å². The maximum atomic E-state index is 13.4. The predicted octanol–water partition coefficient (Wildman–Crippen LogP) is 3.34. The van der Waals surface area contributed by atoms with E-state index in [9.17, 15) is 22.8 Å². The molecule has 0 amide bonds. The quantitative estimate of drug-likeness (QED) is 0.619. The monoisotopic (exact) mass is 302 g/mol. The molecule has 0 bridgehead atoms. The van der Waals surface area contributed by atoms with Crippen LogP contribution in [0.5, 0.6) is 0 Å². The van der Waals surface area contributed by atoms with Gasteiger partial charge in [-0.3, -0.25) is 9.59 Å². The van der Waals surface area contributed by atoms with Crippen molar-refractivity contribution < 1.29 is 27.5 Å². The molecular formula is C15H17F3O3. The van der Waals surface area contributed by atoms with Gasteiger partial charge in [0.25, 0.3) is 0 Å². The van der Waals surface area contributed by atoms with Crippen LogP contribution >= 0.6 is 0 Å². The van der Waals surface area contributed by atoms with E-state index in [1.165, 1.54) is 0 Å². The molecule has 1 rings (SSSR count). The molecule has 0 aliphatic heterocycles.